The second-order valence-corrected chi connectivity index (χ2v) is 22.7. The van der Waals surface area contributed by atoms with Crippen LogP contribution in [0.25, 0.3) is 0 Å². The van der Waals surface area contributed by atoms with Gasteiger partial charge in [-0.25, -0.2) is 0 Å². The van der Waals surface area contributed by atoms with Gasteiger partial charge in [-0.1, -0.05) is 316 Å². The lowest BCUT2D eigenvalue weighted by Crippen LogP contribution is -2.30. The summed E-state index contributed by atoms with van der Waals surface area (Å²) >= 11 is 0. The van der Waals surface area contributed by atoms with E-state index in [2.05, 4.69) is 142 Å². The van der Waals surface area contributed by atoms with Crippen molar-refractivity contribution in [3.8, 4) is 0 Å². The molecule has 0 aliphatic carbocycles. The second kappa shape index (κ2) is 69.3. The standard InChI is InChI=1S/C76H128O6/c1-4-7-10-13-16-19-22-25-28-31-34-36-37-38-39-40-43-45-48-51-54-57-60-63-66-69-75(78)81-72-73(71-80-74(77)68-65-62-59-56-53-50-47-44-41-33-30-27-24-21-18-15-12-9-6-3)82-76(79)70-67-64-61-58-55-52-49-46-42-35-32-29-26-23-20-17-14-11-8-5-2/h7,9-10,12,16,18-19,21,25,27-28,30,34,36,38-39,41,44,50,53,73H,4-6,8,11,13-15,17,20,22-24,26,29,31-33,35,37,40,42-43,45-49,51-52,54-72H2,1-3H3/b10-7-,12-9-,19-16-,21-18-,28-25-,30-27-,36-34-,39-38-,44-41-,53-50-. The average molecular weight is 1140 g/mol. The molecule has 0 bridgehead atoms. The number of ether oxygens (including phenoxy) is 3. The number of hydrogen-bond donors (Lipinski definition) is 0. The number of hydrogen-bond acceptors (Lipinski definition) is 6. The Morgan fingerprint density at radius 2 is 0.476 bits per heavy atom. The molecule has 0 rings (SSSR count). The summed E-state index contributed by atoms with van der Waals surface area (Å²) in [6.07, 6.45) is 96.4. The van der Waals surface area contributed by atoms with Gasteiger partial charge < -0.3 is 14.2 Å². The van der Waals surface area contributed by atoms with Gasteiger partial charge in [0.2, 0.25) is 0 Å². The molecule has 0 N–H and O–H groups in total. The first-order chi connectivity index (χ1) is 40.5. The predicted molar refractivity (Wildman–Crippen MR) is 357 cm³/mol. The molecule has 0 saturated carbocycles. The molecule has 0 amide bonds. The molecule has 0 heterocycles. The summed E-state index contributed by atoms with van der Waals surface area (Å²) in [7, 11) is 0. The highest BCUT2D eigenvalue weighted by molar-refractivity contribution is 5.71. The van der Waals surface area contributed by atoms with Gasteiger partial charge in [-0.2, -0.15) is 0 Å². The third-order valence-electron chi connectivity index (χ3n) is 14.7. The molecule has 0 aromatic heterocycles. The molecule has 0 radical (unpaired) electrons. The zero-order chi connectivity index (χ0) is 59.2. The van der Waals surface area contributed by atoms with Crippen molar-refractivity contribution in [1.29, 1.82) is 0 Å². The Labute approximate surface area is 507 Å². The van der Waals surface area contributed by atoms with Crippen molar-refractivity contribution in [2.24, 2.45) is 0 Å². The Hall–Kier alpha value is -4.19. The van der Waals surface area contributed by atoms with Crippen LogP contribution < -0.4 is 0 Å². The second-order valence-electron chi connectivity index (χ2n) is 22.7. The van der Waals surface area contributed by atoms with Gasteiger partial charge in [0, 0.05) is 19.3 Å². The number of carbonyl (C=O) groups is 3. The van der Waals surface area contributed by atoms with Crippen LogP contribution >= 0.6 is 0 Å². The topological polar surface area (TPSA) is 78.9 Å². The summed E-state index contributed by atoms with van der Waals surface area (Å²) in [5.74, 6) is -0.918. The number of rotatable bonds is 62. The Kier molecular flexibility index (Phi) is 65.8. The molecule has 0 fully saturated rings. The van der Waals surface area contributed by atoms with E-state index in [0.29, 0.717) is 19.3 Å². The summed E-state index contributed by atoms with van der Waals surface area (Å²) in [5.41, 5.74) is 0. The molecule has 1 atom stereocenters. The zero-order valence-electron chi connectivity index (χ0n) is 53.7. The highest BCUT2D eigenvalue weighted by Crippen LogP contribution is 2.17. The van der Waals surface area contributed by atoms with E-state index in [4.69, 9.17) is 14.2 Å². The first-order valence-corrected chi connectivity index (χ1v) is 34.5. The van der Waals surface area contributed by atoms with Gasteiger partial charge >= 0.3 is 17.9 Å². The van der Waals surface area contributed by atoms with Crippen molar-refractivity contribution in [3.63, 3.8) is 0 Å². The van der Waals surface area contributed by atoms with Crippen molar-refractivity contribution < 1.29 is 28.6 Å². The first-order valence-electron chi connectivity index (χ1n) is 34.5. The van der Waals surface area contributed by atoms with Crippen LogP contribution in [0, 0.1) is 0 Å². The molecule has 1 unspecified atom stereocenters. The number of allylic oxidation sites excluding steroid dienone is 20. The lowest BCUT2D eigenvalue weighted by Gasteiger charge is -2.18. The van der Waals surface area contributed by atoms with Gasteiger partial charge in [-0.05, 0) is 109 Å². The molecule has 468 valence electrons. The summed E-state index contributed by atoms with van der Waals surface area (Å²) in [6, 6.07) is 0. The van der Waals surface area contributed by atoms with E-state index >= 15 is 0 Å². The molecule has 82 heavy (non-hydrogen) atoms. The molecule has 0 aliphatic rings. The van der Waals surface area contributed by atoms with Crippen molar-refractivity contribution in [2.75, 3.05) is 13.2 Å². The van der Waals surface area contributed by atoms with Crippen LogP contribution in [0.3, 0.4) is 0 Å². The summed E-state index contributed by atoms with van der Waals surface area (Å²) in [5, 5.41) is 0. The fourth-order valence-corrected chi connectivity index (χ4v) is 9.62. The van der Waals surface area contributed by atoms with E-state index in [1.807, 2.05) is 0 Å². The van der Waals surface area contributed by atoms with Gasteiger partial charge in [0.15, 0.2) is 6.10 Å². The monoisotopic (exact) mass is 1140 g/mol. The smallest absolute Gasteiger partial charge is 0.306 e. The van der Waals surface area contributed by atoms with Crippen molar-refractivity contribution in [3.05, 3.63) is 122 Å². The van der Waals surface area contributed by atoms with Gasteiger partial charge in [-0.15, -0.1) is 0 Å². The highest BCUT2D eigenvalue weighted by Gasteiger charge is 2.19. The Balaban J connectivity index is 4.42. The van der Waals surface area contributed by atoms with E-state index in [9.17, 15) is 14.4 Å². The molecular weight excluding hydrogens is 1010 g/mol. The normalized spacial score (nSPS) is 12.9. The summed E-state index contributed by atoms with van der Waals surface area (Å²) < 4.78 is 17.0. The highest BCUT2D eigenvalue weighted by atomic mass is 16.6. The maximum Gasteiger partial charge on any atom is 0.306 e. The molecule has 6 heteroatoms. The largest absolute Gasteiger partial charge is 0.462 e. The molecule has 0 saturated heterocycles. The summed E-state index contributed by atoms with van der Waals surface area (Å²) in [6.45, 7) is 6.42. The molecule has 0 aliphatic heterocycles. The maximum absolute atomic E-state index is 13.0. The summed E-state index contributed by atoms with van der Waals surface area (Å²) in [4.78, 5) is 38.5. The minimum atomic E-state index is -0.798. The fourth-order valence-electron chi connectivity index (χ4n) is 9.62. The zero-order valence-corrected chi connectivity index (χ0v) is 53.7. The third kappa shape index (κ3) is 66.6. The van der Waals surface area contributed by atoms with Gasteiger partial charge in [0.05, 0.1) is 0 Å². The van der Waals surface area contributed by atoms with Crippen LogP contribution in [0.2, 0.25) is 0 Å². The minimum Gasteiger partial charge on any atom is -0.462 e. The van der Waals surface area contributed by atoms with E-state index in [1.165, 1.54) is 148 Å². The van der Waals surface area contributed by atoms with E-state index < -0.39 is 6.10 Å². The minimum absolute atomic E-state index is 0.0918. The predicted octanol–water partition coefficient (Wildman–Crippen LogP) is 23.9. The number of carbonyl (C=O) groups excluding carboxylic acids is 3. The van der Waals surface area contributed by atoms with Crippen LogP contribution in [0.4, 0.5) is 0 Å². The molecule has 0 aromatic rings. The molecular formula is C76H128O6. The Bertz CT molecular complexity index is 1690. The average Bonchev–Trinajstić information content (AvgIpc) is 3.47. The molecule has 6 nitrogen and oxygen atoms in total. The SMILES string of the molecule is CC/C=C\C/C=C\C/C=C\C/C=C\C/C=C\CCCCCCCCCCCC(=O)OCC(COC(=O)CCCCC/C=C\C/C=C\C/C=C\C/C=C\C/C=C\CC)OC(=O)CCCCCCCCCCCCCCCCCCCCCC. The molecule has 0 spiro atoms. The van der Waals surface area contributed by atoms with Crippen LogP contribution in [-0.2, 0) is 28.6 Å². The van der Waals surface area contributed by atoms with E-state index in [1.54, 1.807) is 0 Å². The van der Waals surface area contributed by atoms with Gasteiger partial charge in [0.25, 0.3) is 0 Å². The van der Waals surface area contributed by atoms with E-state index in [-0.39, 0.29) is 31.1 Å². The van der Waals surface area contributed by atoms with Crippen LogP contribution in [0.5, 0.6) is 0 Å². The van der Waals surface area contributed by atoms with Crippen LogP contribution in [0.15, 0.2) is 122 Å². The van der Waals surface area contributed by atoms with Crippen molar-refractivity contribution in [2.45, 2.75) is 329 Å². The Morgan fingerprint density at radius 3 is 0.756 bits per heavy atom. The Morgan fingerprint density at radius 1 is 0.256 bits per heavy atom. The van der Waals surface area contributed by atoms with Crippen molar-refractivity contribution >= 4 is 17.9 Å². The first kappa shape index (κ1) is 77.8. The van der Waals surface area contributed by atoms with Gasteiger partial charge in [0.1, 0.15) is 13.2 Å². The lowest BCUT2D eigenvalue weighted by molar-refractivity contribution is -0.167. The van der Waals surface area contributed by atoms with Crippen LogP contribution in [0.1, 0.15) is 323 Å². The van der Waals surface area contributed by atoms with E-state index in [0.717, 1.165) is 135 Å². The lowest BCUT2D eigenvalue weighted by atomic mass is 10.0. The fraction of sp³-hybridized carbons (Fsp3) is 0.697. The quantitative estimate of drug-likeness (QED) is 0.0261. The van der Waals surface area contributed by atoms with Crippen LogP contribution in [-0.4, -0.2) is 37.2 Å². The third-order valence-corrected chi connectivity index (χ3v) is 14.7. The molecule has 0 aromatic carbocycles. The maximum atomic E-state index is 13.0. The number of unbranched alkanes of at least 4 members (excludes halogenated alkanes) is 31. The number of esters is 3. The van der Waals surface area contributed by atoms with Crippen molar-refractivity contribution in [1.82, 2.24) is 0 Å². The van der Waals surface area contributed by atoms with Gasteiger partial charge in [-0.3, -0.25) is 14.4 Å².